The number of likely N-dealkylation sites (tertiary alicyclic amines) is 1. The van der Waals surface area contributed by atoms with Crippen LogP contribution in [0, 0.1) is 17.2 Å². The molecule has 0 saturated carbocycles. The third-order valence-corrected chi connectivity index (χ3v) is 6.89. The molecule has 5 rings (SSSR count). The molecule has 0 spiro atoms. The van der Waals surface area contributed by atoms with Crippen molar-refractivity contribution >= 4 is 23.4 Å². The normalized spacial score (nSPS) is 25.0. The summed E-state index contributed by atoms with van der Waals surface area (Å²) in [6.45, 7) is 7.83. The number of fused-ring (bicyclic) bond motifs is 1. The van der Waals surface area contributed by atoms with Crippen LogP contribution in [0.2, 0.25) is 0 Å². The Labute approximate surface area is 192 Å². The molecular formula is C24H29FN6O2. The third kappa shape index (κ3) is 4.06. The van der Waals surface area contributed by atoms with E-state index in [0.29, 0.717) is 18.3 Å². The summed E-state index contributed by atoms with van der Waals surface area (Å²) in [5.41, 5.74) is 1.03. The van der Waals surface area contributed by atoms with Crippen molar-refractivity contribution in [3.05, 3.63) is 48.0 Å². The van der Waals surface area contributed by atoms with E-state index in [0.717, 1.165) is 37.2 Å². The van der Waals surface area contributed by atoms with Crippen LogP contribution in [0.25, 0.3) is 0 Å². The Morgan fingerprint density at radius 3 is 2.82 bits per heavy atom. The number of aliphatic imine (C=N–C) groups is 2. The number of rotatable bonds is 5. The molecule has 9 heteroatoms. The molecule has 2 fully saturated rings. The van der Waals surface area contributed by atoms with Gasteiger partial charge in [0.1, 0.15) is 11.7 Å². The molecule has 0 radical (unpaired) electrons. The van der Waals surface area contributed by atoms with Gasteiger partial charge in [0, 0.05) is 12.8 Å². The van der Waals surface area contributed by atoms with E-state index in [1.165, 1.54) is 12.1 Å². The van der Waals surface area contributed by atoms with Crippen molar-refractivity contribution < 1.29 is 13.9 Å². The lowest BCUT2D eigenvalue weighted by Gasteiger charge is -2.27. The largest absolute Gasteiger partial charge is 0.376 e. The number of nitrogens with zero attached hydrogens (tertiary/aromatic N) is 5. The first-order valence-electron chi connectivity index (χ1n) is 11.5. The number of hydrogen-bond acceptors (Lipinski definition) is 6. The van der Waals surface area contributed by atoms with Gasteiger partial charge in [0.25, 0.3) is 0 Å². The minimum absolute atomic E-state index is 0.00362. The number of amidine groups is 1. The van der Waals surface area contributed by atoms with E-state index in [-0.39, 0.29) is 29.8 Å². The quantitative estimate of drug-likeness (QED) is 0.751. The number of carbonyl (C=O) groups is 1. The molecule has 4 heterocycles. The predicted molar refractivity (Wildman–Crippen MR) is 123 cm³/mol. The number of aromatic nitrogens is 2. The Kier molecular flexibility index (Phi) is 5.52. The average Bonchev–Trinajstić information content (AvgIpc) is 3.50. The highest BCUT2D eigenvalue weighted by Gasteiger charge is 2.54. The topological polar surface area (TPSA) is 84.1 Å². The Bertz CT molecular complexity index is 1100. The van der Waals surface area contributed by atoms with Crippen LogP contribution in [-0.4, -0.2) is 51.6 Å². The van der Waals surface area contributed by atoms with E-state index >= 15 is 0 Å². The number of anilines is 1. The van der Waals surface area contributed by atoms with Crippen LogP contribution in [-0.2, 0) is 16.1 Å². The van der Waals surface area contributed by atoms with Gasteiger partial charge >= 0.3 is 0 Å². The second-order valence-corrected chi connectivity index (χ2v) is 9.52. The van der Waals surface area contributed by atoms with Crippen molar-refractivity contribution in [2.75, 3.05) is 18.5 Å². The van der Waals surface area contributed by atoms with Crippen molar-refractivity contribution in [1.82, 2.24) is 14.7 Å². The smallest absolute Gasteiger partial charge is 0.234 e. The van der Waals surface area contributed by atoms with Crippen molar-refractivity contribution in [3.8, 4) is 0 Å². The molecule has 3 aliphatic rings. The van der Waals surface area contributed by atoms with Crippen LogP contribution in [0.1, 0.15) is 45.2 Å². The Hall–Kier alpha value is -3.07. The Morgan fingerprint density at radius 2 is 2.09 bits per heavy atom. The lowest BCUT2D eigenvalue weighted by Crippen LogP contribution is -2.36. The van der Waals surface area contributed by atoms with Gasteiger partial charge in [-0.3, -0.25) is 19.4 Å². The minimum Gasteiger partial charge on any atom is -0.376 e. The molecule has 0 bridgehead atoms. The molecule has 174 valence electrons. The van der Waals surface area contributed by atoms with Crippen molar-refractivity contribution in [1.29, 1.82) is 0 Å². The fraction of sp³-hybridized carbons (Fsp3) is 0.500. The lowest BCUT2D eigenvalue weighted by atomic mass is 9.80. The molecule has 3 aliphatic heterocycles. The molecule has 1 aromatic carbocycles. The molecule has 1 N–H and O–H groups in total. The number of ether oxygens (including phenoxy) is 1. The summed E-state index contributed by atoms with van der Waals surface area (Å²) in [6.07, 6.45) is 6.01. The van der Waals surface area contributed by atoms with Gasteiger partial charge in [-0.15, -0.1) is 0 Å². The summed E-state index contributed by atoms with van der Waals surface area (Å²) >= 11 is 0. The van der Waals surface area contributed by atoms with Gasteiger partial charge in [0.05, 0.1) is 48.5 Å². The zero-order valence-electron chi connectivity index (χ0n) is 19.2. The zero-order valence-corrected chi connectivity index (χ0v) is 19.2. The average molecular weight is 453 g/mol. The summed E-state index contributed by atoms with van der Waals surface area (Å²) in [5, 5.41) is 7.65. The number of carbonyl (C=O) groups excluding carboxylic acids is 1. The summed E-state index contributed by atoms with van der Waals surface area (Å²) < 4.78 is 21.0. The standard InChI is InChI=1S/C24H29FN6O2/c1-15(16-6-8-17(25)9-7-16)31-21-20(24(2,3)22(31)32)12-26-23(29-21)28-18-11-27-30(13-18)14-19-5-4-10-33-19/h6-9,11,13,15,19-20H,4-5,10,12,14H2,1-3H3,(H,26,28)/t15-,19?,20?/m0/s1. The van der Waals surface area contributed by atoms with Crippen LogP contribution in [0.4, 0.5) is 10.1 Å². The molecule has 2 aromatic rings. The maximum atomic E-state index is 13.4. The van der Waals surface area contributed by atoms with Crippen LogP contribution in [0.5, 0.6) is 0 Å². The molecule has 33 heavy (non-hydrogen) atoms. The van der Waals surface area contributed by atoms with Gasteiger partial charge in [-0.25, -0.2) is 4.39 Å². The van der Waals surface area contributed by atoms with Crippen molar-refractivity contribution in [2.45, 2.75) is 52.3 Å². The second-order valence-electron chi connectivity index (χ2n) is 9.52. The van der Waals surface area contributed by atoms with Gasteiger partial charge in [0.15, 0.2) is 0 Å². The summed E-state index contributed by atoms with van der Waals surface area (Å²) in [6, 6.07) is 6.00. The van der Waals surface area contributed by atoms with E-state index < -0.39 is 5.41 Å². The number of guanidine groups is 1. The highest BCUT2D eigenvalue weighted by Crippen LogP contribution is 2.43. The first kappa shape index (κ1) is 21.8. The van der Waals surface area contributed by atoms with E-state index in [2.05, 4.69) is 15.4 Å². The molecule has 2 unspecified atom stereocenters. The number of amides is 1. The summed E-state index contributed by atoms with van der Waals surface area (Å²) in [7, 11) is 0. The molecule has 0 aliphatic carbocycles. The molecule has 3 atom stereocenters. The van der Waals surface area contributed by atoms with Crippen LogP contribution in [0.3, 0.4) is 0 Å². The zero-order chi connectivity index (χ0) is 23.2. The first-order chi connectivity index (χ1) is 15.8. The first-order valence-corrected chi connectivity index (χ1v) is 11.5. The van der Waals surface area contributed by atoms with Crippen LogP contribution < -0.4 is 5.32 Å². The van der Waals surface area contributed by atoms with Crippen LogP contribution in [0.15, 0.2) is 46.6 Å². The lowest BCUT2D eigenvalue weighted by molar-refractivity contribution is -0.135. The second kappa shape index (κ2) is 8.37. The van der Waals surface area contributed by atoms with E-state index in [9.17, 15) is 9.18 Å². The number of nitrogens with one attached hydrogen (secondary N) is 1. The number of hydrogen-bond donors (Lipinski definition) is 1. The van der Waals surface area contributed by atoms with E-state index in [4.69, 9.17) is 9.73 Å². The van der Waals surface area contributed by atoms with Crippen molar-refractivity contribution in [3.63, 3.8) is 0 Å². The van der Waals surface area contributed by atoms with Gasteiger partial charge in [0.2, 0.25) is 11.9 Å². The van der Waals surface area contributed by atoms with Crippen molar-refractivity contribution in [2.24, 2.45) is 21.3 Å². The molecule has 2 saturated heterocycles. The number of benzene rings is 1. The van der Waals surface area contributed by atoms with Gasteiger partial charge in [-0.1, -0.05) is 26.0 Å². The Morgan fingerprint density at radius 1 is 1.30 bits per heavy atom. The van der Waals surface area contributed by atoms with E-state index in [1.54, 1.807) is 23.2 Å². The minimum atomic E-state index is -0.617. The fourth-order valence-electron chi connectivity index (χ4n) is 4.80. The molecular weight excluding hydrogens is 423 g/mol. The SMILES string of the molecule is C[C@@H](c1ccc(F)cc1)N1C(=O)C(C)(C)C2CN=C(Nc3cnn(CC4CCCO4)c3)N=C21. The highest BCUT2D eigenvalue weighted by atomic mass is 19.1. The summed E-state index contributed by atoms with van der Waals surface area (Å²) in [4.78, 5) is 24.5. The number of halogens is 1. The molecule has 1 aromatic heterocycles. The maximum Gasteiger partial charge on any atom is 0.234 e. The highest BCUT2D eigenvalue weighted by molar-refractivity contribution is 6.15. The molecule has 8 nitrogen and oxygen atoms in total. The van der Waals surface area contributed by atoms with Gasteiger partial charge in [-0.2, -0.15) is 10.1 Å². The monoisotopic (exact) mass is 452 g/mol. The predicted octanol–water partition coefficient (Wildman–Crippen LogP) is 3.63. The summed E-state index contributed by atoms with van der Waals surface area (Å²) in [5.74, 6) is 0.751. The van der Waals surface area contributed by atoms with Gasteiger partial charge < -0.3 is 10.1 Å². The maximum absolute atomic E-state index is 13.4. The third-order valence-electron chi connectivity index (χ3n) is 6.89. The fourth-order valence-corrected chi connectivity index (χ4v) is 4.80. The Balaban J connectivity index is 1.36. The molecule has 1 amide bonds. The van der Waals surface area contributed by atoms with Gasteiger partial charge in [-0.05, 0) is 37.5 Å². The van der Waals surface area contributed by atoms with Crippen LogP contribution >= 0.6 is 0 Å². The van der Waals surface area contributed by atoms with E-state index in [1.807, 2.05) is 31.6 Å².